The maximum atomic E-state index is 10.8. The Morgan fingerprint density at radius 2 is 1.91 bits per heavy atom. The average molecular weight is 299 g/mol. The van der Waals surface area contributed by atoms with Crippen LogP contribution in [-0.4, -0.2) is 12.7 Å². The standard InChI is InChI=1S/C7H12O2.2Rb/c1-3-6(5-8)7(9)4-2;;/h3,7H,4-5H2,1-2H3;;/q-2;2*+1/b6-3-;;. The first-order valence-electron chi connectivity index (χ1n) is 3.15. The van der Waals surface area contributed by atoms with Crippen LogP contribution in [0.3, 0.4) is 0 Å². The Kier molecular flexibility index (Phi) is 23.9. The first-order chi connectivity index (χ1) is 4.26. The molecule has 4 heteroatoms. The zero-order valence-electron chi connectivity index (χ0n) is 7.89. The number of allylic oxidation sites excluding steroid dienone is 1. The monoisotopic (exact) mass is 298 g/mol. The van der Waals surface area contributed by atoms with Crippen LogP contribution in [0.15, 0.2) is 11.6 Å². The van der Waals surface area contributed by atoms with Crippen molar-refractivity contribution in [1.29, 1.82) is 0 Å². The average Bonchev–Trinajstić information content (AvgIpc) is 1.90. The van der Waals surface area contributed by atoms with Crippen LogP contribution in [0.25, 0.3) is 0 Å². The Balaban J connectivity index is -0.000000320. The van der Waals surface area contributed by atoms with Gasteiger partial charge in [0, 0.05) is 0 Å². The van der Waals surface area contributed by atoms with E-state index in [2.05, 4.69) is 0 Å². The third-order valence-electron chi connectivity index (χ3n) is 1.32. The maximum absolute atomic E-state index is 10.8. The molecule has 0 saturated heterocycles. The van der Waals surface area contributed by atoms with Crippen molar-refractivity contribution < 1.29 is 127 Å². The third-order valence-corrected chi connectivity index (χ3v) is 1.32. The molecule has 11 heavy (non-hydrogen) atoms. The van der Waals surface area contributed by atoms with Gasteiger partial charge in [0.25, 0.3) is 0 Å². The smallest absolute Gasteiger partial charge is 0.851 e. The quantitative estimate of drug-likeness (QED) is 0.487. The van der Waals surface area contributed by atoms with Crippen LogP contribution in [0.5, 0.6) is 0 Å². The summed E-state index contributed by atoms with van der Waals surface area (Å²) in [7, 11) is 0. The molecule has 0 heterocycles. The van der Waals surface area contributed by atoms with E-state index in [9.17, 15) is 10.2 Å². The van der Waals surface area contributed by atoms with Gasteiger partial charge in [-0.05, 0) is 6.92 Å². The van der Waals surface area contributed by atoms with Crippen LogP contribution >= 0.6 is 0 Å². The third kappa shape index (κ3) is 9.57. The minimum Gasteiger partial charge on any atom is -0.851 e. The van der Waals surface area contributed by atoms with Crippen molar-refractivity contribution in [3.63, 3.8) is 0 Å². The molecule has 2 nitrogen and oxygen atoms in total. The molecule has 0 radical (unpaired) electrons. The van der Waals surface area contributed by atoms with Gasteiger partial charge in [0.15, 0.2) is 0 Å². The van der Waals surface area contributed by atoms with Crippen LogP contribution in [0.4, 0.5) is 0 Å². The van der Waals surface area contributed by atoms with Gasteiger partial charge < -0.3 is 10.2 Å². The summed E-state index contributed by atoms with van der Waals surface area (Å²) in [5.41, 5.74) is 0.484. The molecule has 0 aliphatic heterocycles. The van der Waals surface area contributed by atoms with Crippen molar-refractivity contribution in [2.45, 2.75) is 26.4 Å². The summed E-state index contributed by atoms with van der Waals surface area (Å²) in [6.07, 6.45) is 1.36. The van der Waals surface area contributed by atoms with Crippen molar-refractivity contribution in [2.24, 2.45) is 0 Å². The molecule has 0 N–H and O–H groups in total. The molecule has 1 unspecified atom stereocenters. The molecule has 1 atom stereocenters. The molecule has 0 aliphatic rings. The van der Waals surface area contributed by atoms with E-state index in [0.29, 0.717) is 12.0 Å². The summed E-state index contributed by atoms with van der Waals surface area (Å²) in [6.45, 7) is 3.17. The van der Waals surface area contributed by atoms with Gasteiger partial charge in [0.05, 0.1) is 0 Å². The van der Waals surface area contributed by atoms with E-state index in [-0.39, 0.29) is 123 Å². The molecule has 0 aromatic rings. The van der Waals surface area contributed by atoms with E-state index in [1.807, 2.05) is 0 Å². The fraction of sp³-hybridized carbons (Fsp3) is 0.714. The van der Waals surface area contributed by atoms with Crippen molar-refractivity contribution in [1.82, 2.24) is 0 Å². The predicted molar refractivity (Wildman–Crippen MR) is 32.7 cm³/mol. The molecule has 0 rings (SSSR count). The summed E-state index contributed by atoms with van der Waals surface area (Å²) in [6, 6.07) is 0. The number of hydrogen-bond donors (Lipinski definition) is 0. The summed E-state index contributed by atoms with van der Waals surface area (Å²) < 4.78 is 0. The van der Waals surface area contributed by atoms with Gasteiger partial charge >= 0.3 is 116 Å². The minimum atomic E-state index is -0.771. The molecule has 0 amide bonds. The van der Waals surface area contributed by atoms with E-state index >= 15 is 0 Å². The van der Waals surface area contributed by atoms with Gasteiger partial charge in [0.2, 0.25) is 0 Å². The predicted octanol–water partition coefficient (Wildman–Crippen LogP) is -6.56. The zero-order chi connectivity index (χ0) is 7.28. The number of hydrogen-bond acceptors (Lipinski definition) is 2. The summed E-state index contributed by atoms with van der Waals surface area (Å²) in [5.74, 6) is 0. The van der Waals surface area contributed by atoms with E-state index in [1.54, 1.807) is 19.9 Å². The Morgan fingerprint density at radius 1 is 1.45 bits per heavy atom. The Bertz CT molecular complexity index is 105. The second kappa shape index (κ2) is 13.3. The molecule has 0 aromatic carbocycles. The first-order valence-corrected chi connectivity index (χ1v) is 3.15. The Labute approximate surface area is 166 Å². The number of rotatable bonds is 3. The maximum Gasteiger partial charge on any atom is 1.00 e. The van der Waals surface area contributed by atoms with Crippen molar-refractivity contribution in [3.05, 3.63) is 11.6 Å². The van der Waals surface area contributed by atoms with Gasteiger partial charge in [0.1, 0.15) is 0 Å². The van der Waals surface area contributed by atoms with Crippen molar-refractivity contribution >= 4 is 0 Å². The van der Waals surface area contributed by atoms with Gasteiger partial charge in [-0.15, -0.1) is 18.3 Å². The van der Waals surface area contributed by atoms with Crippen LogP contribution in [0, 0.1) is 0 Å². The Morgan fingerprint density at radius 3 is 2.00 bits per heavy atom. The fourth-order valence-corrected chi connectivity index (χ4v) is 0.624. The van der Waals surface area contributed by atoms with E-state index in [1.165, 1.54) is 0 Å². The minimum absolute atomic E-state index is 0. The van der Waals surface area contributed by atoms with E-state index in [4.69, 9.17) is 0 Å². The molecule has 54 valence electrons. The molecule has 0 bridgehead atoms. The van der Waals surface area contributed by atoms with Crippen LogP contribution in [-0.2, 0) is 0 Å². The van der Waals surface area contributed by atoms with Gasteiger partial charge in [-0.1, -0.05) is 19.4 Å². The van der Waals surface area contributed by atoms with E-state index < -0.39 is 6.10 Å². The second-order valence-electron chi connectivity index (χ2n) is 1.90. The first kappa shape index (κ1) is 19.8. The molecule has 0 spiro atoms. The second-order valence-corrected chi connectivity index (χ2v) is 1.90. The summed E-state index contributed by atoms with van der Waals surface area (Å²) >= 11 is 0. The normalized spacial score (nSPS) is 12.9. The van der Waals surface area contributed by atoms with Gasteiger partial charge in [-0.25, -0.2) is 0 Å². The van der Waals surface area contributed by atoms with Crippen molar-refractivity contribution in [3.8, 4) is 0 Å². The largest absolute Gasteiger partial charge is 1.00 e. The molecule has 0 fully saturated rings. The summed E-state index contributed by atoms with van der Waals surface area (Å²) in [4.78, 5) is 0. The molecular weight excluding hydrogens is 287 g/mol. The molecule has 0 aliphatic carbocycles. The topological polar surface area (TPSA) is 46.1 Å². The molecule has 0 saturated carbocycles. The van der Waals surface area contributed by atoms with Gasteiger partial charge in [-0.2, -0.15) is 0 Å². The fourth-order valence-electron chi connectivity index (χ4n) is 0.624. The van der Waals surface area contributed by atoms with E-state index in [0.717, 1.165) is 0 Å². The SMILES string of the molecule is C/C=C(/C[O-])C([O-])CC.[Rb+].[Rb+]. The molecular formula is C7H12O2Rb2. The van der Waals surface area contributed by atoms with Crippen LogP contribution in [0.1, 0.15) is 20.3 Å². The Hall–Kier alpha value is 3.27. The summed E-state index contributed by atoms with van der Waals surface area (Å²) in [5, 5.41) is 21.0. The zero-order valence-corrected chi connectivity index (χ0v) is 17.7. The van der Waals surface area contributed by atoms with Crippen molar-refractivity contribution in [2.75, 3.05) is 6.61 Å². The van der Waals surface area contributed by atoms with Gasteiger partial charge in [-0.3, -0.25) is 0 Å². The molecule has 0 aromatic heterocycles. The van der Waals surface area contributed by atoms with Crippen LogP contribution in [0.2, 0.25) is 0 Å². The van der Waals surface area contributed by atoms with Crippen LogP contribution < -0.4 is 127 Å².